The lowest BCUT2D eigenvalue weighted by Crippen LogP contribution is -2.67. The van der Waals surface area contributed by atoms with Gasteiger partial charge in [0.05, 0.1) is 6.61 Å². The molecule has 7 N–H and O–H groups in total. The number of hydrogen-bond donors (Lipinski definition) is 5. The van der Waals surface area contributed by atoms with Crippen LogP contribution >= 0.6 is 0 Å². The van der Waals surface area contributed by atoms with Gasteiger partial charge in [-0.05, 0) is 0 Å². The van der Waals surface area contributed by atoms with Crippen LogP contribution in [0.25, 0.3) is 0 Å². The van der Waals surface area contributed by atoms with E-state index in [1.165, 1.54) is 0 Å². The molecule has 1 saturated heterocycles. The van der Waals surface area contributed by atoms with Crippen molar-refractivity contribution in [1.29, 1.82) is 0 Å². The van der Waals surface area contributed by atoms with Crippen LogP contribution in [0.5, 0.6) is 0 Å². The molecule has 0 bridgehead atoms. The number of rotatable bonds is 2. The van der Waals surface area contributed by atoms with Crippen LogP contribution in [0, 0.1) is 0 Å². The Morgan fingerprint density at radius 3 is 2.19 bits per heavy atom. The molecule has 0 saturated carbocycles. The van der Waals surface area contributed by atoms with Gasteiger partial charge in [0, 0.05) is 6.92 Å². The molecule has 0 spiro atoms. The zero-order valence-electron chi connectivity index (χ0n) is 8.57. The second-order valence-electron chi connectivity index (χ2n) is 3.52. The minimum absolute atomic E-state index is 0. The van der Waals surface area contributed by atoms with Gasteiger partial charge in [-0.3, -0.25) is 4.79 Å². The van der Waals surface area contributed by atoms with Crippen molar-refractivity contribution in [1.82, 2.24) is 0 Å². The summed E-state index contributed by atoms with van der Waals surface area (Å²) in [7, 11) is 0. The van der Waals surface area contributed by atoms with Crippen LogP contribution < -0.4 is 0 Å². The van der Waals surface area contributed by atoms with Crippen LogP contribution in [0.4, 0.5) is 0 Å². The highest BCUT2D eigenvalue weighted by Gasteiger charge is 2.55. The van der Waals surface area contributed by atoms with Crippen molar-refractivity contribution in [3.8, 4) is 0 Å². The Morgan fingerprint density at radius 2 is 1.81 bits per heavy atom. The van der Waals surface area contributed by atoms with Crippen molar-refractivity contribution in [2.24, 2.45) is 0 Å². The number of carbonyl (C=O) groups excluding carboxylic acids is 1. The molecular weight excluding hydrogens is 224 g/mol. The molecule has 16 heavy (non-hydrogen) atoms. The van der Waals surface area contributed by atoms with Crippen molar-refractivity contribution in [3.63, 3.8) is 0 Å². The topological polar surface area (TPSA) is 159 Å². The zero-order chi connectivity index (χ0) is 11.8. The first-order valence-corrected chi connectivity index (χ1v) is 4.41. The lowest BCUT2D eigenvalue weighted by atomic mass is 9.90. The Balaban J connectivity index is 0.00000225. The summed E-state index contributed by atoms with van der Waals surface area (Å²) >= 11 is 0. The summed E-state index contributed by atoms with van der Waals surface area (Å²) in [5.41, 5.74) is 0. The Bertz CT molecular complexity index is 254. The third-order valence-corrected chi connectivity index (χ3v) is 2.47. The second kappa shape index (κ2) is 5.15. The Labute approximate surface area is 91.0 Å². The Morgan fingerprint density at radius 1 is 1.31 bits per heavy atom. The van der Waals surface area contributed by atoms with E-state index in [2.05, 4.69) is 4.74 Å². The van der Waals surface area contributed by atoms with Crippen LogP contribution in [0.1, 0.15) is 6.92 Å². The minimum atomic E-state index is -2.59. The molecule has 8 heteroatoms. The molecule has 1 heterocycles. The van der Waals surface area contributed by atoms with E-state index in [9.17, 15) is 25.2 Å². The van der Waals surface area contributed by atoms with Gasteiger partial charge in [-0.1, -0.05) is 0 Å². The minimum Gasteiger partial charge on any atom is -0.412 e. The van der Waals surface area contributed by atoms with Crippen LogP contribution in [0.15, 0.2) is 0 Å². The van der Waals surface area contributed by atoms with Gasteiger partial charge in [-0.15, -0.1) is 0 Å². The summed E-state index contributed by atoms with van der Waals surface area (Å²) in [6.45, 7) is 0.266. The molecule has 0 unspecified atom stereocenters. The standard InChI is InChI=1S/C8H14O7.H2O/c1-3(10)8(14)7(13)6(12)5(11)4(2-9)15-8;/h4-7,9,11-14H,2H2,1H3;1H2/t4-,5-,6+,7+,8-;/m1./s1. The molecule has 0 aromatic rings. The molecule has 0 aromatic carbocycles. The molecule has 0 amide bonds. The summed E-state index contributed by atoms with van der Waals surface area (Å²) in [4.78, 5) is 11.0. The maximum Gasteiger partial charge on any atom is 0.256 e. The fraction of sp³-hybridized carbons (Fsp3) is 0.875. The number of ether oxygens (including phenoxy) is 1. The summed E-state index contributed by atoms with van der Waals surface area (Å²) in [6, 6.07) is 0. The molecule has 5 atom stereocenters. The third-order valence-electron chi connectivity index (χ3n) is 2.47. The van der Waals surface area contributed by atoms with E-state index in [-0.39, 0.29) is 5.48 Å². The van der Waals surface area contributed by atoms with E-state index in [4.69, 9.17) is 5.11 Å². The Kier molecular flexibility index (Phi) is 4.95. The van der Waals surface area contributed by atoms with Gasteiger partial charge in [-0.2, -0.15) is 0 Å². The maximum atomic E-state index is 11.0. The SMILES string of the molecule is CC(=O)[C@@]1(O)O[C@H](CO)[C@@H](O)[C@H](O)[C@@H]1O.O. The number of Topliss-reactive ketones (excluding diaryl/α,β-unsaturated/α-hetero) is 1. The molecule has 1 fully saturated rings. The van der Waals surface area contributed by atoms with E-state index in [0.717, 1.165) is 6.92 Å². The Hall–Kier alpha value is -0.610. The third kappa shape index (κ3) is 2.23. The molecular formula is C8H16O8. The summed E-state index contributed by atoms with van der Waals surface area (Å²) < 4.78 is 4.68. The van der Waals surface area contributed by atoms with Gasteiger partial charge >= 0.3 is 0 Å². The van der Waals surface area contributed by atoms with Crippen molar-refractivity contribution >= 4 is 5.78 Å². The predicted octanol–water partition coefficient (Wildman–Crippen LogP) is -4.09. The quantitative estimate of drug-likeness (QED) is 0.328. The van der Waals surface area contributed by atoms with Gasteiger partial charge in [-0.25, -0.2) is 0 Å². The van der Waals surface area contributed by atoms with Gasteiger partial charge < -0.3 is 35.7 Å². The predicted molar refractivity (Wildman–Crippen MR) is 49.2 cm³/mol. The van der Waals surface area contributed by atoms with Gasteiger partial charge in [0.1, 0.15) is 24.4 Å². The van der Waals surface area contributed by atoms with E-state index in [0.29, 0.717) is 0 Å². The zero-order valence-corrected chi connectivity index (χ0v) is 8.57. The highest BCUT2D eigenvalue weighted by atomic mass is 16.7. The number of aliphatic hydroxyl groups excluding tert-OH is 4. The number of carbonyl (C=O) groups is 1. The lowest BCUT2D eigenvalue weighted by Gasteiger charge is -2.43. The molecule has 0 radical (unpaired) electrons. The average Bonchev–Trinajstić information content (AvgIpc) is 2.20. The van der Waals surface area contributed by atoms with Crippen LogP contribution in [0.3, 0.4) is 0 Å². The molecule has 1 aliphatic rings. The fourth-order valence-corrected chi connectivity index (χ4v) is 1.44. The second-order valence-corrected chi connectivity index (χ2v) is 3.52. The van der Waals surface area contributed by atoms with Gasteiger partial charge in [0.15, 0.2) is 5.78 Å². The molecule has 1 rings (SSSR count). The summed E-state index contributed by atoms with van der Waals surface area (Å²) in [5, 5.41) is 46.4. The fourth-order valence-electron chi connectivity index (χ4n) is 1.44. The van der Waals surface area contributed by atoms with E-state index in [1.807, 2.05) is 0 Å². The van der Waals surface area contributed by atoms with E-state index >= 15 is 0 Å². The highest BCUT2D eigenvalue weighted by molar-refractivity contribution is 5.84. The highest BCUT2D eigenvalue weighted by Crippen LogP contribution is 2.28. The lowest BCUT2D eigenvalue weighted by molar-refractivity contribution is -0.330. The van der Waals surface area contributed by atoms with Gasteiger partial charge in [0.25, 0.3) is 5.79 Å². The van der Waals surface area contributed by atoms with Gasteiger partial charge in [0.2, 0.25) is 0 Å². The van der Waals surface area contributed by atoms with Crippen LogP contribution in [-0.2, 0) is 9.53 Å². The average molecular weight is 240 g/mol. The first kappa shape index (κ1) is 15.4. The first-order chi connectivity index (χ1) is 6.84. The first-order valence-electron chi connectivity index (χ1n) is 4.41. The number of aliphatic hydroxyl groups is 5. The van der Waals surface area contributed by atoms with E-state index in [1.54, 1.807) is 0 Å². The van der Waals surface area contributed by atoms with Crippen LogP contribution in [0.2, 0.25) is 0 Å². The molecule has 8 nitrogen and oxygen atoms in total. The normalized spacial score (nSPS) is 43.6. The molecule has 0 aliphatic carbocycles. The molecule has 0 aromatic heterocycles. The monoisotopic (exact) mass is 240 g/mol. The van der Waals surface area contributed by atoms with Crippen molar-refractivity contribution in [2.75, 3.05) is 6.61 Å². The van der Waals surface area contributed by atoms with Crippen LogP contribution in [-0.4, -0.2) is 73.6 Å². The molecule has 1 aliphatic heterocycles. The largest absolute Gasteiger partial charge is 0.412 e. The smallest absolute Gasteiger partial charge is 0.256 e. The molecule has 96 valence electrons. The number of ketones is 1. The number of hydrogen-bond acceptors (Lipinski definition) is 7. The van der Waals surface area contributed by atoms with Crippen molar-refractivity contribution < 1.29 is 40.5 Å². The van der Waals surface area contributed by atoms with Crippen molar-refractivity contribution in [3.05, 3.63) is 0 Å². The summed E-state index contributed by atoms with van der Waals surface area (Å²) in [5.74, 6) is -3.51. The van der Waals surface area contributed by atoms with E-state index < -0.39 is 42.6 Å². The van der Waals surface area contributed by atoms with Crippen molar-refractivity contribution in [2.45, 2.75) is 37.1 Å². The summed E-state index contributed by atoms with van der Waals surface area (Å²) in [6.07, 6.45) is -6.60. The maximum absolute atomic E-state index is 11.0.